The van der Waals surface area contributed by atoms with Gasteiger partial charge in [0.25, 0.3) is 5.69 Å². The van der Waals surface area contributed by atoms with E-state index >= 15 is 0 Å². The maximum atomic E-state index is 11.0. The summed E-state index contributed by atoms with van der Waals surface area (Å²) in [5, 5.41) is 20.2. The molecule has 1 aliphatic heterocycles. The number of nitrogens with zero attached hydrogens (tertiary/aromatic N) is 2. The van der Waals surface area contributed by atoms with E-state index in [4.69, 9.17) is 10.6 Å². The van der Waals surface area contributed by atoms with Crippen LogP contribution in [0.4, 0.5) is 11.4 Å². The molecule has 0 aromatic heterocycles. The van der Waals surface area contributed by atoms with E-state index in [1.165, 1.54) is 6.07 Å². The SMILES string of the molecule is CC1COC(CO)CN1Cc1cccc([N+](=O)[O-])c1NN. The van der Waals surface area contributed by atoms with Crippen LogP contribution in [0.25, 0.3) is 0 Å². The van der Waals surface area contributed by atoms with Gasteiger partial charge in [-0.05, 0) is 12.5 Å². The summed E-state index contributed by atoms with van der Waals surface area (Å²) in [5.41, 5.74) is 3.45. The van der Waals surface area contributed by atoms with Gasteiger partial charge in [-0.1, -0.05) is 12.1 Å². The van der Waals surface area contributed by atoms with Gasteiger partial charge >= 0.3 is 0 Å². The second-order valence-electron chi connectivity index (χ2n) is 5.13. The van der Waals surface area contributed by atoms with Crippen LogP contribution in [0.15, 0.2) is 18.2 Å². The molecule has 0 amide bonds. The number of para-hydroxylation sites is 1. The van der Waals surface area contributed by atoms with Gasteiger partial charge in [0.2, 0.25) is 0 Å². The zero-order valence-electron chi connectivity index (χ0n) is 11.9. The van der Waals surface area contributed by atoms with Crippen molar-refractivity contribution in [3.8, 4) is 0 Å². The van der Waals surface area contributed by atoms with Crippen LogP contribution in [0.3, 0.4) is 0 Å². The summed E-state index contributed by atoms with van der Waals surface area (Å²) in [4.78, 5) is 12.7. The number of hydrogen-bond acceptors (Lipinski definition) is 7. The standard InChI is InChI=1S/C13H20N4O4/c1-9-8-21-11(7-18)6-16(9)5-10-3-2-4-12(17(19)20)13(10)15-14/h2-4,9,11,15,18H,5-8,14H2,1H3. The van der Waals surface area contributed by atoms with Crippen LogP contribution in [-0.2, 0) is 11.3 Å². The van der Waals surface area contributed by atoms with E-state index in [2.05, 4.69) is 10.3 Å². The summed E-state index contributed by atoms with van der Waals surface area (Å²) in [7, 11) is 0. The lowest BCUT2D eigenvalue weighted by Gasteiger charge is -2.37. The molecule has 21 heavy (non-hydrogen) atoms. The summed E-state index contributed by atoms with van der Waals surface area (Å²) < 4.78 is 5.49. The normalized spacial score (nSPS) is 23.0. The minimum Gasteiger partial charge on any atom is -0.394 e. The molecule has 8 nitrogen and oxygen atoms in total. The second-order valence-corrected chi connectivity index (χ2v) is 5.13. The molecular weight excluding hydrogens is 276 g/mol. The lowest BCUT2D eigenvalue weighted by molar-refractivity contribution is -0.384. The summed E-state index contributed by atoms with van der Waals surface area (Å²) in [6.07, 6.45) is -0.228. The number of anilines is 1. The third kappa shape index (κ3) is 3.48. The molecule has 0 spiro atoms. The Morgan fingerprint density at radius 2 is 2.38 bits per heavy atom. The quantitative estimate of drug-likeness (QED) is 0.411. The summed E-state index contributed by atoms with van der Waals surface area (Å²) >= 11 is 0. The fourth-order valence-corrected chi connectivity index (χ4v) is 2.46. The van der Waals surface area contributed by atoms with E-state index in [9.17, 15) is 15.2 Å². The number of morpholine rings is 1. The Kier molecular flexibility index (Phi) is 5.07. The topological polar surface area (TPSA) is 114 Å². The van der Waals surface area contributed by atoms with E-state index in [0.29, 0.717) is 25.4 Å². The molecule has 2 atom stereocenters. The Hall–Kier alpha value is -1.74. The van der Waals surface area contributed by atoms with Crippen molar-refractivity contribution < 1.29 is 14.8 Å². The van der Waals surface area contributed by atoms with Crippen molar-refractivity contribution in [1.29, 1.82) is 0 Å². The maximum absolute atomic E-state index is 11.0. The Labute approximate surface area is 122 Å². The van der Waals surface area contributed by atoms with Crippen molar-refractivity contribution in [3.63, 3.8) is 0 Å². The Morgan fingerprint density at radius 3 is 3.00 bits per heavy atom. The van der Waals surface area contributed by atoms with Crippen molar-refractivity contribution in [2.24, 2.45) is 5.84 Å². The van der Waals surface area contributed by atoms with Crippen LogP contribution >= 0.6 is 0 Å². The minimum atomic E-state index is -0.460. The number of aliphatic hydroxyl groups excluding tert-OH is 1. The van der Waals surface area contributed by atoms with Crippen LogP contribution in [0.2, 0.25) is 0 Å². The highest BCUT2D eigenvalue weighted by Crippen LogP contribution is 2.29. The van der Waals surface area contributed by atoms with E-state index in [-0.39, 0.29) is 24.4 Å². The lowest BCUT2D eigenvalue weighted by atomic mass is 10.1. The first-order valence-corrected chi connectivity index (χ1v) is 6.76. The molecule has 0 saturated carbocycles. The maximum Gasteiger partial charge on any atom is 0.293 e. The molecule has 4 N–H and O–H groups in total. The monoisotopic (exact) mass is 296 g/mol. The van der Waals surface area contributed by atoms with Crippen LogP contribution in [0.1, 0.15) is 12.5 Å². The molecule has 1 fully saturated rings. The van der Waals surface area contributed by atoms with Crippen molar-refractivity contribution >= 4 is 11.4 Å². The largest absolute Gasteiger partial charge is 0.394 e. The number of nitro groups is 1. The molecule has 1 saturated heterocycles. The van der Waals surface area contributed by atoms with Gasteiger partial charge in [0.1, 0.15) is 5.69 Å². The molecule has 0 radical (unpaired) electrons. The van der Waals surface area contributed by atoms with E-state index in [1.807, 2.05) is 6.92 Å². The summed E-state index contributed by atoms with van der Waals surface area (Å²) in [5.74, 6) is 5.44. The number of hydrazine groups is 1. The van der Waals surface area contributed by atoms with Gasteiger partial charge in [0.15, 0.2) is 0 Å². The number of rotatable bonds is 5. The van der Waals surface area contributed by atoms with Crippen LogP contribution in [-0.4, -0.2) is 46.8 Å². The molecule has 0 aliphatic carbocycles. The molecule has 0 bridgehead atoms. The smallest absolute Gasteiger partial charge is 0.293 e. The highest BCUT2D eigenvalue weighted by Gasteiger charge is 2.27. The number of aliphatic hydroxyl groups is 1. The van der Waals surface area contributed by atoms with E-state index in [1.54, 1.807) is 12.1 Å². The van der Waals surface area contributed by atoms with Gasteiger partial charge in [-0.15, -0.1) is 0 Å². The van der Waals surface area contributed by atoms with Gasteiger partial charge < -0.3 is 15.3 Å². The van der Waals surface area contributed by atoms with Gasteiger partial charge in [0.05, 0.1) is 24.2 Å². The highest BCUT2D eigenvalue weighted by atomic mass is 16.6. The first kappa shape index (κ1) is 15.6. The Balaban J connectivity index is 2.22. The molecule has 1 heterocycles. The number of hydrogen-bond donors (Lipinski definition) is 3. The summed E-state index contributed by atoms with van der Waals surface area (Å²) in [6, 6.07) is 5.02. The fraction of sp³-hybridized carbons (Fsp3) is 0.538. The predicted molar refractivity (Wildman–Crippen MR) is 77.6 cm³/mol. The Morgan fingerprint density at radius 1 is 1.62 bits per heavy atom. The zero-order valence-corrected chi connectivity index (χ0v) is 11.9. The first-order chi connectivity index (χ1) is 10.1. The number of nitro benzene ring substituents is 1. The van der Waals surface area contributed by atoms with Crippen molar-refractivity contribution in [2.45, 2.75) is 25.6 Å². The van der Waals surface area contributed by atoms with Gasteiger partial charge in [-0.25, -0.2) is 0 Å². The number of nitrogens with two attached hydrogens (primary N) is 1. The lowest BCUT2D eigenvalue weighted by Crippen LogP contribution is -2.48. The van der Waals surface area contributed by atoms with Crippen molar-refractivity contribution in [1.82, 2.24) is 4.90 Å². The predicted octanol–water partition coefficient (Wildman–Crippen LogP) is 0.462. The molecule has 1 aliphatic rings. The van der Waals surface area contributed by atoms with Crippen LogP contribution in [0.5, 0.6) is 0 Å². The summed E-state index contributed by atoms with van der Waals surface area (Å²) in [6.45, 7) is 3.57. The van der Waals surface area contributed by atoms with E-state index in [0.717, 1.165) is 5.56 Å². The molecule has 8 heteroatoms. The minimum absolute atomic E-state index is 0.0415. The molecule has 116 valence electrons. The van der Waals surface area contributed by atoms with Gasteiger partial charge in [0, 0.05) is 25.2 Å². The van der Waals surface area contributed by atoms with Gasteiger partial charge in [-0.2, -0.15) is 0 Å². The number of benzene rings is 1. The molecule has 2 rings (SSSR count). The van der Waals surface area contributed by atoms with E-state index < -0.39 is 4.92 Å². The molecule has 1 aromatic carbocycles. The molecular formula is C13H20N4O4. The average Bonchev–Trinajstić information content (AvgIpc) is 2.49. The number of nitrogen functional groups attached to an aromatic ring is 1. The Bertz CT molecular complexity index is 511. The molecule has 2 unspecified atom stereocenters. The van der Waals surface area contributed by atoms with Crippen LogP contribution in [0, 0.1) is 10.1 Å². The van der Waals surface area contributed by atoms with Gasteiger partial charge in [-0.3, -0.25) is 20.9 Å². The zero-order chi connectivity index (χ0) is 15.4. The van der Waals surface area contributed by atoms with Crippen molar-refractivity contribution in [2.75, 3.05) is 25.2 Å². The fourth-order valence-electron chi connectivity index (χ4n) is 2.46. The first-order valence-electron chi connectivity index (χ1n) is 6.76. The highest BCUT2D eigenvalue weighted by molar-refractivity contribution is 5.65. The van der Waals surface area contributed by atoms with Crippen LogP contribution < -0.4 is 11.3 Å². The van der Waals surface area contributed by atoms with Crippen molar-refractivity contribution in [3.05, 3.63) is 33.9 Å². The average molecular weight is 296 g/mol. The number of nitrogens with one attached hydrogen (secondary N) is 1. The third-order valence-corrected chi connectivity index (χ3v) is 3.68. The third-order valence-electron chi connectivity index (χ3n) is 3.68. The molecule has 1 aromatic rings. The number of ether oxygens (including phenoxy) is 1. The second kappa shape index (κ2) is 6.81.